The van der Waals surface area contributed by atoms with Gasteiger partial charge in [-0.05, 0) is 38.6 Å². The number of hydrogen-bond donors (Lipinski definition) is 2. The van der Waals surface area contributed by atoms with Crippen molar-refractivity contribution in [2.45, 2.75) is 50.2 Å². The molecule has 0 aromatic carbocycles. The zero-order valence-electron chi connectivity index (χ0n) is 11.0. The first-order chi connectivity index (χ1) is 9.12. The molecule has 1 atom stereocenters. The molecule has 6 heteroatoms. The predicted octanol–water partition coefficient (Wildman–Crippen LogP) is 0.696. The predicted molar refractivity (Wildman–Crippen MR) is 66.8 cm³/mol. The number of ether oxygens (including phenoxy) is 2. The highest BCUT2D eigenvalue weighted by Gasteiger charge is 2.39. The molecule has 2 aliphatic heterocycles. The Morgan fingerprint density at radius 1 is 1.42 bits per heavy atom. The van der Waals surface area contributed by atoms with Crippen molar-refractivity contribution in [3.63, 3.8) is 0 Å². The van der Waals surface area contributed by atoms with E-state index in [-0.39, 0.29) is 12.1 Å². The maximum atomic E-state index is 11.4. The van der Waals surface area contributed by atoms with Crippen LogP contribution in [0.5, 0.6) is 0 Å². The summed E-state index contributed by atoms with van der Waals surface area (Å²) >= 11 is 0. The number of esters is 1. The summed E-state index contributed by atoms with van der Waals surface area (Å²) in [6, 6.07) is 0. The average molecular weight is 271 g/mol. The van der Waals surface area contributed by atoms with Crippen molar-refractivity contribution in [1.29, 1.82) is 0 Å². The molecule has 0 aliphatic carbocycles. The van der Waals surface area contributed by atoms with Gasteiger partial charge >= 0.3 is 11.9 Å². The van der Waals surface area contributed by atoms with Crippen LogP contribution in [0.1, 0.15) is 38.5 Å². The molecule has 0 radical (unpaired) electrons. The summed E-state index contributed by atoms with van der Waals surface area (Å²) < 4.78 is 10.4. The molecular formula is C13H21NO5. The number of carbonyl (C=O) groups excluding carboxylic acids is 1. The summed E-state index contributed by atoms with van der Waals surface area (Å²) in [6.07, 6.45) is 3.79. The highest BCUT2D eigenvalue weighted by Crippen LogP contribution is 2.22. The van der Waals surface area contributed by atoms with Crippen LogP contribution < -0.4 is 5.32 Å². The Morgan fingerprint density at radius 3 is 2.79 bits per heavy atom. The second-order valence-electron chi connectivity index (χ2n) is 5.22. The molecule has 2 rings (SSSR count). The fourth-order valence-electron chi connectivity index (χ4n) is 2.64. The first kappa shape index (κ1) is 14.3. The van der Waals surface area contributed by atoms with E-state index in [2.05, 4.69) is 5.32 Å². The Balaban J connectivity index is 1.79. The first-order valence-corrected chi connectivity index (χ1v) is 6.88. The molecule has 2 heterocycles. The quantitative estimate of drug-likeness (QED) is 0.716. The molecule has 19 heavy (non-hydrogen) atoms. The molecule has 0 amide bonds. The highest BCUT2D eigenvalue weighted by atomic mass is 16.5. The van der Waals surface area contributed by atoms with Gasteiger partial charge in [0, 0.05) is 19.6 Å². The number of rotatable bonds is 5. The van der Waals surface area contributed by atoms with Crippen LogP contribution in [0.15, 0.2) is 0 Å². The van der Waals surface area contributed by atoms with Crippen LogP contribution in [0, 0.1) is 0 Å². The van der Waals surface area contributed by atoms with E-state index in [4.69, 9.17) is 9.47 Å². The minimum Gasteiger partial charge on any atom is -0.480 e. The van der Waals surface area contributed by atoms with Gasteiger partial charge in [-0.1, -0.05) is 0 Å². The van der Waals surface area contributed by atoms with Crippen molar-refractivity contribution in [3.8, 4) is 0 Å². The molecule has 0 spiro atoms. The van der Waals surface area contributed by atoms with Crippen molar-refractivity contribution in [2.75, 3.05) is 19.8 Å². The van der Waals surface area contributed by atoms with Gasteiger partial charge in [0.25, 0.3) is 0 Å². The largest absolute Gasteiger partial charge is 0.480 e. The van der Waals surface area contributed by atoms with Crippen LogP contribution in [-0.2, 0) is 19.1 Å². The summed E-state index contributed by atoms with van der Waals surface area (Å²) in [5.74, 6) is -0.966. The molecule has 0 saturated carbocycles. The van der Waals surface area contributed by atoms with E-state index in [0.29, 0.717) is 45.4 Å². The summed E-state index contributed by atoms with van der Waals surface area (Å²) in [5, 5.41) is 12.5. The monoisotopic (exact) mass is 271 g/mol. The van der Waals surface area contributed by atoms with E-state index in [0.717, 1.165) is 12.8 Å². The lowest BCUT2D eigenvalue weighted by Crippen LogP contribution is -2.56. The minimum atomic E-state index is -0.878. The molecule has 2 saturated heterocycles. The van der Waals surface area contributed by atoms with E-state index in [1.807, 2.05) is 0 Å². The maximum Gasteiger partial charge on any atom is 0.324 e. The van der Waals surface area contributed by atoms with Gasteiger partial charge < -0.3 is 19.9 Å². The number of carboxylic acids is 1. The average Bonchev–Trinajstić information content (AvgIpc) is 2.40. The van der Waals surface area contributed by atoms with Crippen LogP contribution in [0.3, 0.4) is 0 Å². The van der Waals surface area contributed by atoms with Gasteiger partial charge in [-0.3, -0.25) is 9.59 Å². The third-order valence-electron chi connectivity index (χ3n) is 3.89. The van der Waals surface area contributed by atoms with Crippen LogP contribution in [0.2, 0.25) is 0 Å². The molecule has 0 aromatic heterocycles. The van der Waals surface area contributed by atoms with Gasteiger partial charge in [0.05, 0.1) is 0 Å². The Hall–Kier alpha value is -1.14. The maximum absolute atomic E-state index is 11.4. The number of carbonyl (C=O) groups is 2. The van der Waals surface area contributed by atoms with Crippen LogP contribution >= 0.6 is 0 Å². The molecule has 108 valence electrons. The molecular weight excluding hydrogens is 250 g/mol. The third-order valence-corrected chi connectivity index (χ3v) is 3.89. The smallest absolute Gasteiger partial charge is 0.324 e. The fraction of sp³-hybridized carbons (Fsp3) is 0.846. The Kier molecular flexibility index (Phi) is 4.76. The van der Waals surface area contributed by atoms with Gasteiger partial charge in [-0.15, -0.1) is 0 Å². The summed E-state index contributed by atoms with van der Waals surface area (Å²) in [4.78, 5) is 22.6. The fourth-order valence-corrected chi connectivity index (χ4v) is 2.64. The molecule has 2 fully saturated rings. The summed E-state index contributed by atoms with van der Waals surface area (Å²) in [7, 11) is 0. The number of hydrogen-bond acceptors (Lipinski definition) is 5. The second kappa shape index (κ2) is 6.34. The topological polar surface area (TPSA) is 84.9 Å². The number of nitrogens with one attached hydrogen (secondary N) is 1. The number of aliphatic carboxylic acids is 1. The van der Waals surface area contributed by atoms with Gasteiger partial charge in [0.15, 0.2) is 0 Å². The third kappa shape index (κ3) is 3.67. The normalized spacial score (nSPS) is 26.7. The zero-order valence-corrected chi connectivity index (χ0v) is 11.0. The lowest BCUT2D eigenvalue weighted by Gasteiger charge is -2.34. The molecule has 2 N–H and O–H groups in total. The van der Waals surface area contributed by atoms with Crippen molar-refractivity contribution in [3.05, 3.63) is 0 Å². The number of carboxylic acid groups (broad SMARTS) is 1. The first-order valence-electron chi connectivity index (χ1n) is 6.88. The van der Waals surface area contributed by atoms with Crippen LogP contribution in [0.25, 0.3) is 0 Å². The molecule has 0 aromatic rings. The lowest BCUT2D eigenvalue weighted by atomic mass is 9.90. The van der Waals surface area contributed by atoms with E-state index in [1.165, 1.54) is 0 Å². The summed E-state index contributed by atoms with van der Waals surface area (Å²) in [6.45, 7) is 1.49. The highest BCUT2D eigenvalue weighted by molar-refractivity contribution is 5.78. The van der Waals surface area contributed by atoms with Gasteiger partial charge in [0.1, 0.15) is 11.6 Å². The van der Waals surface area contributed by atoms with Crippen molar-refractivity contribution < 1.29 is 24.2 Å². The minimum absolute atomic E-state index is 0.0700. The molecule has 6 nitrogen and oxygen atoms in total. The van der Waals surface area contributed by atoms with E-state index in [1.54, 1.807) is 0 Å². The zero-order chi connectivity index (χ0) is 13.7. The second-order valence-corrected chi connectivity index (χ2v) is 5.22. The van der Waals surface area contributed by atoms with E-state index < -0.39 is 11.5 Å². The molecule has 1 unspecified atom stereocenters. The van der Waals surface area contributed by atoms with Crippen molar-refractivity contribution in [1.82, 2.24) is 5.32 Å². The van der Waals surface area contributed by atoms with E-state index >= 15 is 0 Å². The van der Waals surface area contributed by atoms with E-state index in [9.17, 15) is 14.7 Å². The van der Waals surface area contributed by atoms with Gasteiger partial charge in [0.2, 0.25) is 0 Å². The summed E-state index contributed by atoms with van der Waals surface area (Å²) in [5.41, 5.74) is -0.878. The van der Waals surface area contributed by atoms with Crippen LogP contribution in [0.4, 0.5) is 0 Å². The lowest BCUT2D eigenvalue weighted by molar-refractivity contribution is -0.155. The Bertz CT molecular complexity index is 338. The molecule has 2 aliphatic rings. The SMILES string of the molecule is O=C1CCCC(CCNC2(C(=O)O)CCOCC2)O1. The standard InChI is InChI=1S/C13H21NO5/c15-11-3-1-2-10(19-11)4-7-14-13(12(16)17)5-8-18-9-6-13/h10,14H,1-9H2,(H,16,17). The van der Waals surface area contributed by atoms with Gasteiger partial charge in [-0.2, -0.15) is 0 Å². The van der Waals surface area contributed by atoms with Crippen LogP contribution in [-0.4, -0.2) is 48.4 Å². The Morgan fingerprint density at radius 2 is 2.16 bits per heavy atom. The Labute approximate surface area is 112 Å². The van der Waals surface area contributed by atoms with Crippen molar-refractivity contribution >= 4 is 11.9 Å². The van der Waals surface area contributed by atoms with Crippen molar-refractivity contribution in [2.24, 2.45) is 0 Å². The van der Waals surface area contributed by atoms with Gasteiger partial charge in [-0.25, -0.2) is 0 Å². The number of cyclic esters (lactones) is 1. The molecule has 0 bridgehead atoms.